The number of benzene rings is 1. The first-order valence-corrected chi connectivity index (χ1v) is 8.39. The second-order valence-electron chi connectivity index (χ2n) is 5.45. The second-order valence-corrected chi connectivity index (χ2v) is 6.32. The van der Waals surface area contributed by atoms with Crippen molar-refractivity contribution < 1.29 is 14.3 Å². The summed E-state index contributed by atoms with van der Waals surface area (Å²) in [6, 6.07) is 7.76. The van der Waals surface area contributed by atoms with Gasteiger partial charge in [-0.05, 0) is 30.3 Å². The van der Waals surface area contributed by atoms with E-state index in [2.05, 4.69) is 10.3 Å². The molecule has 2 amide bonds. The summed E-state index contributed by atoms with van der Waals surface area (Å²) in [5.74, 6) is -0.597. The summed E-state index contributed by atoms with van der Waals surface area (Å²) in [4.78, 5) is 30.6. The van der Waals surface area contributed by atoms with E-state index in [-0.39, 0.29) is 17.5 Å². The maximum absolute atomic E-state index is 12.5. The van der Waals surface area contributed by atoms with E-state index in [1.165, 1.54) is 18.3 Å². The lowest BCUT2D eigenvalue weighted by Crippen LogP contribution is -2.41. The Hall–Kier alpha value is -2.15. The molecule has 0 aliphatic carbocycles. The molecule has 0 spiro atoms. The molecule has 1 aliphatic rings. The molecule has 0 atom stereocenters. The maximum atomic E-state index is 12.5. The average molecular weight is 380 g/mol. The third kappa shape index (κ3) is 4.48. The number of hydrogen-bond acceptors (Lipinski definition) is 4. The van der Waals surface area contributed by atoms with E-state index >= 15 is 0 Å². The van der Waals surface area contributed by atoms with Crippen LogP contribution in [0.25, 0.3) is 0 Å². The number of nitrogens with zero attached hydrogens (tertiary/aromatic N) is 2. The zero-order chi connectivity index (χ0) is 17.8. The molecule has 1 fully saturated rings. The first kappa shape index (κ1) is 17.7. The van der Waals surface area contributed by atoms with Gasteiger partial charge in [-0.3, -0.25) is 14.6 Å². The Morgan fingerprint density at radius 2 is 1.76 bits per heavy atom. The number of rotatable bonds is 3. The number of hydrogen-bond donors (Lipinski definition) is 1. The van der Waals surface area contributed by atoms with Gasteiger partial charge in [-0.25, -0.2) is 0 Å². The lowest BCUT2D eigenvalue weighted by atomic mass is 10.2. The summed E-state index contributed by atoms with van der Waals surface area (Å²) in [5, 5.41) is 3.54. The highest BCUT2D eigenvalue weighted by molar-refractivity contribution is 6.35. The molecule has 0 saturated carbocycles. The van der Waals surface area contributed by atoms with Gasteiger partial charge in [0.05, 0.1) is 13.2 Å². The number of anilines is 1. The Labute approximate surface area is 154 Å². The van der Waals surface area contributed by atoms with Crippen molar-refractivity contribution in [3.05, 3.63) is 57.8 Å². The summed E-state index contributed by atoms with van der Waals surface area (Å²) < 4.78 is 5.23. The zero-order valence-corrected chi connectivity index (χ0v) is 14.7. The topological polar surface area (TPSA) is 71.5 Å². The molecule has 1 aliphatic heterocycles. The van der Waals surface area contributed by atoms with Crippen molar-refractivity contribution >= 4 is 40.7 Å². The number of halogens is 2. The van der Waals surface area contributed by atoms with E-state index in [9.17, 15) is 9.59 Å². The largest absolute Gasteiger partial charge is 0.378 e. The highest BCUT2D eigenvalue weighted by Gasteiger charge is 2.20. The first-order chi connectivity index (χ1) is 12.0. The number of nitrogens with one attached hydrogen (secondary N) is 1. The van der Waals surface area contributed by atoms with Gasteiger partial charge in [-0.2, -0.15) is 0 Å². The normalized spacial score (nSPS) is 14.2. The van der Waals surface area contributed by atoms with E-state index in [1.54, 1.807) is 23.1 Å². The molecule has 1 aromatic carbocycles. The van der Waals surface area contributed by atoms with Crippen LogP contribution in [0.3, 0.4) is 0 Å². The summed E-state index contributed by atoms with van der Waals surface area (Å²) in [6.07, 6.45) is 1.44. The van der Waals surface area contributed by atoms with Crippen LogP contribution in [0.15, 0.2) is 36.5 Å². The van der Waals surface area contributed by atoms with Crippen LogP contribution >= 0.6 is 23.2 Å². The van der Waals surface area contributed by atoms with E-state index < -0.39 is 0 Å². The summed E-state index contributed by atoms with van der Waals surface area (Å²) >= 11 is 11.9. The SMILES string of the molecule is O=C(Nc1cc(Cl)cc(Cl)c1)c1ccnc(C(=O)N2CCOCC2)c1. The van der Waals surface area contributed by atoms with Crippen molar-refractivity contribution in [3.63, 3.8) is 0 Å². The van der Waals surface area contributed by atoms with Crippen molar-refractivity contribution in [1.29, 1.82) is 0 Å². The van der Waals surface area contributed by atoms with Gasteiger partial charge in [0.25, 0.3) is 11.8 Å². The van der Waals surface area contributed by atoms with Crippen molar-refractivity contribution in [2.24, 2.45) is 0 Å². The summed E-state index contributed by atoms with van der Waals surface area (Å²) in [7, 11) is 0. The molecule has 2 aromatic rings. The van der Waals surface area contributed by atoms with Crippen LogP contribution in [0.2, 0.25) is 10.0 Å². The van der Waals surface area contributed by atoms with Crippen LogP contribution in [-0.4, -0.2) is 48.0 Å². The quantitative estimate of drug-likeness (QED) is 0.888. The number of amides is 2. The number of carbonyl (C=O) groups is 2. The molecule has 130 valence electrons. The van der Waals surface area contributed by atoms with E-state index in [4.69, 9.17) is 27.9 Å². The molecule has 0 radical (unpaired) electrons. The molecular weight excluding hydrogens is 365 g/mol. The Kier molecular flexibility index (Phi) is 5.53. The molecule has 8 heteroatoms. The Balaban J connectivity index is 1.76. The highest BCUT2D eigenvalue weighted by Crippen LogP contribution is 2.23. The fourth-order valence-electron chi connectivity index (χ4n) is 2.45. The van der Waals surface area contributed by atoms with Gasteiger partial charge in [0.1, 0.15) is 5.69 Å². The van der Waals surface area contributed by atoms with Crippen LogP contribution in [0.4, 0.5) is 5.69 Å². The number of ether oxygens (including phenoxy) is 1. The molecule has 0 unspecified atom stereocenters. The van der Waals surface area contributed by atoms with Crippen molar-refractivity contribution in [2.45, 2.75) is 0 Å². The minimum Gasteiger partial charge on any atom is -0.378 e. The molecule has 25 heavy (non-hydrogen) atoms. The van der Waals surface area contributed by atoms with Gasteiger partial charge >= 0.3 is 0 Å². The van der Waals surface area contributed by atoms with Crippen LogP contribution in [0.1, 0.15) is 20.8 Å². The van der Waals surface area contributed by atoms with Gasteiger partial charge in [0.15, 0.2) is 0 Å². The fourth-order valence-corrected chi connectivity index (χ4v) is 2.97. The molecular formula is C17H15Cl2N3O3. The van der Waals surface area contributed by atoms with E-state index in [0.717, 1.165) is 0 Å². The summed E-state index contributed by atoms with van der Waals surface area (Å²) in [6.45, 7) is 2.03. The van der Waals surface area contributed by atoms with Gasteiger partial charge in [0, 0.05) is 40.6 Å². The number of aromatic nitrogens is 1. The van der Waals surface area contributed by atoms with Crippen LogP contribution in [0.5, 0.6) is 0 Å². The monoisotopic (exact) mass is 379 g/mol. The van der Waals surface area contributed by atoms with Gasteiger partial charge in [0.2, 0.25) is 0 Å². The fraction of sp³-hybridized carbons (Fsp3) is 0.235. The zero-order valence-electron chi connectivity index (χ0n) is 13.2. The van der Waals surface area contributed by atoms with Gasteiger partial charge in [-0.15, -0.1) is 0 Å². The molecule has 6 nitrogen and oxygen atoms in total. The molecule has 2 heterocycles. The predicted molar refractivity (Wildman–Crippen MR) is 95.4 cm³/mol. The minimum atomic E-state index is -0.378. The van der Waals surface area contributed by atoms with Crippen molar-refractivity contribution in [1.82, 2.24) is 9.88 Å². The maximum Gasteiger partial charge on any atom is 0.272 e. The van der Waals surface area contributed by atoms with Gasteiger partial charge in [-0.1, -0.05) is 23.2 Å². The van der Waals surface area contributed by atoms with Crippen molar-refractivity contribution in [2.75, 3.05) is 31.6 Å². The molecule has 1 N–H and O–H groups in total. The lowest BCUT2D eigenvalue weighted by Gasteiger charge is -2.26. The van der Waals surface area contributed by atoms with Crippen LogP contribution in [0, 0.1) is 0 Å². The third-order valence-electron chi connectivity index (χ3n) is 3.66. The van der Waals surface area contributed by atoms with Crippen LogP contribution in [-0.2, 0) is 4.74 Å². The van der Waals surface area contributed by atoms with Gasteiger partial charge < -0.3 is 15.0 Å². The number of pyridine rings is 1. The van der Waals surface area contributed by atoms with Crippen molar-refractivity contribution in [3.8, 4) is 0 Å². The minimum absolute atomic E-state index is 0.219. The predicted octanol–water partition coefficient (Wildman–Crippen LogP) is 3.11. The molecule has 0 bridgehead atoms. The lowest BCUT2D eigenvalue weighted by molar-refractivity contribution is 0.0299. The average Bonchev–Trinajstić information content (AvgIpc) is 2.61. The number of morpholine rings is 1. The smallest absolute Gasteiger partial charge is 0.272 e. The third-order valence-corrected chi connectivity index (χ3v) is 4.10. The standard InChI is InChI=1S/C17H15Cl2N3O3/c18-12-8-13(19)10-14(9-12)21-16(23)11-1-2-20-15(7-11)17(24)22-3-5-25-6-4-22/h1-2,7-10H,3-6H2,(H,21,23). The summed E-state index contributed by atoms with van der Waals surface area (Å²) in [5.41, 5.74) is 1.02. The first-order valence-electron chi connectivity index (χ1n) is 7.63. The second kappa shape index (κ2) is 7.82. The highest BCUT2D eigenvalue weighted by atomic mass is 35.5. The number of carbonyl (C=O) groups excluding carboxylic acids is 2. The Bertz CT molecular complexity index is 787. The molecule has 3 rings (SSSR count). The Morgan fingerprint density at radius 3 is 2.44 bits per heavy atom. The Morgan fingerprint density at radius 1 is 1.08 bits per heavy atom. The van der Waals surface area contributed by atoms with E-state index in [0.29, 0.717) is 47.6 Å². The van der Waals surface area contributed by atoms with Crippen LogP contribution < -0.4 is 5.32 Å². The molecule has 1 saturated heterocycles. The molecule has 1 aromatic heterocycles. The van der Waals surface area contributed by atoms with E-state index in [1.807, 2.05) is 0 Å².